The normalized spacial score (nSPS) is 12.4. The molecular weight excluding hydrogens is 428 g/mol. The van der Waals surface area contributed by atoms with Gasteiger partial charge in [-0.25, -0.2) is 10.1 Å². The SMILES string of the molecule is C=COc1cc(OC)nc(NC(=O)[NH+]([O-])S(=O)c2cc(CC)ccc2COC(C)=O)n1. The summed E-state index contributed by atoms with van der Waals surface area (Å²) in [6, 6.07) is 5.04. The summed E-state index contributed by atoms with van der Waals surface area (Å²) in [5.41, 5.74) is 1.15. The molecule has 166 valence electrons. The van der Waals surface area contributed by atoms with E-state index in [2.05, 4.69) is 21.9 Å². The van der Waals surface area contributed by atoms with Crippen LogP contribution in [0.2, 0.25) is 0 Å². The van der Waals surface area contributed by atoms with Gasteiger partial charge in [0.1, 0.15) is 11.5 Å². The van der Waals surface area contributed by atoms with Gasteiger partial charge in [0.15, 0.2) is 0 Å². The van der Waals surface area contributed by atoms with Crippen molar-refractivity contribution in [3.8, 4) is 11.8 Å². The number of anilines is 1. The third-order valence-corrected chi connectivity index (χ3v) is 5.14. The minimum Gasteiger partial charge on any atom is -0.610 e. The van der Waals surface area contributed by atoms with Crippen molar-refractivity contribution in [1.82, 2.24) is 9.97 Å². The Kier molecular flexibility index (Phi) is 8.61. The molecule has 0 bridgehead atoms. The number of esters is 1. The number of ether oxygens (including phenoxy) is 3. The zero-order chi connectivity index (χ0) is 23.0. The smallest absolute Gasteiger partial charge is 0.435 e. The number of aryl methyl sites for hydroxylation is 1. The fourth-order valence-corrected chi connectivity index (χ4v) is 3.38. The fraction of sp³-hybridized carbons (Fsp3) is 0.263. The fourth-order valence-electron chi connectivity index (χ4n) is 2.34. The van der Waals surface area contributed by atoms with Crippen LogP contribution in [-0.2, 0) is 33.5 Å². The van der Waals surface area contributed by atoms with Crippen molar-refractivity contribution in [2.24, 2.45) is 0 Å². The van der Waals surface area contributed by atoms with Crippen LogP contribution in [0.25, 0.3) is 0 Å². The lowest BCUT2D eigenvalue weighted by molar-refractivity contribution is -0.598. The minimum atomic E-state index is -2.36. The number of rotatable bonds is 9. The molecule has 1 heterocycles. The second-order valence-electron chi connectivity index (χ2n) is 5.94. The van der Waals surface area contributed by atoms with E-state index in [0.717, 1.165) is 11.8 Å². The van der Waals surface area contributed by atoms with Crippen LogP contribution in [-0.4, -0.2) is 33.3 Å². The van der Waals surface area contributed by atoms with E-state index in [0.29, 0.717) is 12.0 Å². The number of aromatic nitrogens is 2. The summed E-state index contributed by atoms with van der Waals surface area (Å²) in [6.45, 7) is 6.33. The molecule has 1 aromatic carbocycles. The summed E-state index contributed by atoms with van der Waals surface area (Å²) in [5.74, 6) is -0.734. The van der Waals surface area contributed by atoms with Crippen molar-refractivity contribution in [2.75, 3.05) is 12.4 Å². The van der Waals surface area contributed by atoms with Crippen molar-refractivity contribution in [1.29, 1.82) is 0 Å². The van der Waals surface area contributed by atoms with Gasteiger partial charge in [0.25, 0.3) is 0 Å². The quantitative estimate of drug-likeness (QED) is 0.328. The van der Waals surface area contributed by atoms with Gasteiger partial charge in [-0.05, 0) is 18.1 Å². The lowest BCUT2D eigenvalue weighted by atomic mass is 10.1. The average molecular weight is 450 g/mol. The predicted molar refractivity (Wildman–Crippen MR) is 110 cm³/mol. The third kappa shape index (κ3) is 6.57. The molecule has 0 spiro atoms. The molecule has 0 fully saturated rings. The molecular formula is C19H22N4O7S. The first-order valence-electron chi connectivity index (χ1n) is 9.01. The molecule has 2 rings (SSSR count). The average Bonchev–Trinajstić information content (AvgIpc) is 2.76. The van der Waals surface area contributed by atoms with Crippen LogP contribution in [0.1, 0.15) is 25.0 Å². The summed E-state index contributed by atoms with van der Waals surface area (Å²) in [6.07, 6.45) is 1.72. The summed E-state index contributed by atoms with van der Waals surface area (Å²) in [7, 11) is -1.02. The van der Waals surface area contributed by atoms with E-state index in [1.807, 2.05) is 6.92 Å². The summed E-state index contributed by atoms with van der Waals surface area (Å²) >= 11 is 0. The molecule has 2 unspecified atom stereocenters. The number of nitrogens with one attached hydrogen (secondary N) is 2. The van der Waals surface area contributed by atoms with Crippen molar-refractivity contribution in [3.05, 3.63) is 53.4 Å². The van der Waals surface area contributed by atoms with Gasteiger partial charge in [0.05, 0.1) is 19.4 Å². The second-order valence-corrected chi connectivity index (χ2v) is 7.29. The van der Waals surface area contributed by atoms with Crippen LogP contribution in [0.3, 0.4) is 0 Å². The number of carbonyl (C=O) groups is 2. The van der Waals surface area contributed by atoms with Gasteiger partial charge < -0.3 is 19.4 Å². The Morgan fingerprint density at radius 2 is 2.00 bits per heavy atom. The van der Waals surface area contributed by atoms with E-state index in [1.165, 1.54) is 26.2 Å². The maximum Gasteiger partial charge on any atom is 0.435 e. The molecule has 0 radical (unpaired) electrons. The maximum atomic E-state index is 12.9. The number of methoxy groups -OCH3 is 1. The first-order valence-corrected chi connectivity index (χ1v) is 10.2. The Morgan fingerprint density at radius 1 is 1.29 bits per heavy atom. The molecule has 11 nitrogen and oxygen atoms in total. The number of urea groups is 1. The van der Waals surface area contributed by atoms with Gasteiger partial charge in [-0.3, -0.25) is 4.79 Å². The van der Waals surface area contributed by atoms with E-state index in [1.54, 1.807) is 12.1 Å². The molecule has 2 N–H and O–H groups in total. The predicted octanol–water partition coefficient (Wildman–Crippen LogP) is 1.27. The number of amides is 2. The van der Waals surface area contributed by atoms with Gasteiger partial charge in [-0.2, -0.15) is 18.6 Å². The topological polar surface area (TPSA) is 144 Å². The Balaban J connectivity index is 2.26. The standard InChI is InChI=1S/C19H22N4O7S/c1-5-13-7-8-14(11-30-12(3)24)15(9-13)31(27)23(26)19(25)22-18-20-16(28-4)10-17(21-18)29-6-2/h6-10,23H,2,5,11H2,1,3-4H3,(H,20,21,22,25). The molecule has 0 aliphatic rings. The van der Waals surface area contributed by atoms with Gasteiger partial charge in [0, 0.05) is 12.5 Å². The van der Waals surface area contributed by atoms with Gasteiger partial charge in [-0.15, -0.1) is 0 Å². The Morgan fingerprint density at radius 3 is 2.61 bits per heavy atom. The molecule has 2 aromatic rings. The van der Waals surface area contributed by atoms with Crippen LogP contribution in [0.15, 0.2) is 42.0 Å². The second kappa shape index (κ2) is 11.2. The van der Waals surface area contributed by atoms with Crippen LogP contribution < -0.4 is 19.3 Å². The molecule has 12 heteroatoms. The van der Waals surface area contributed by atoms with E-state index >= 15 is 0 Å². The van der Waals surface area contributed by atoms with E-state index in [-0.39, 0.29) is 29.2 Å². The number of nitrogens with zero attached hydrogens (tertiary/aromatic N) is 2. The van der Waals surface area contributed by atoms with E-state index in [9.17, 15) is 19.0 Å². The van der Waals surface area contributed by atoms with Crippen molar-refractivity contribution >= 4 is 28.9 Å². The molecule has 0 aliphatic carbocycles. The zero-order valence-electron chi connectivity index (χ0n) is 17.2. The molecule has 2 amide bonds. The molecule has 0 saturated heterocycles. The van der Waals surface area contributed by atoms with Crippen LogP contribution in [0.5, 0.6) is 11.8 Å². The highest BCUT2D eigenvalue weighted by Crippen LogP contribution is 2.18. The molecule has 1 aromatic heterocycles. The van der Waals surface area contributed by atoms with E-state index in [4.69, 9.17) is 14.2 Å². The summed E-state index contributed by atoms with van der Waals surface area (Å²) in [4.78, 5) is 31.4. The van der Waals surface area contributed by atoms with Crippen LogP contribution in [0, 0.1) is 5.21 Å². The molecule has 2 atom stereocenters. The largest absolute Gasteiger partial charge is 0.610 e. The van der Waals surface area contributed by atoms with Crippen LogP contribution in [0.4, 0.5) is 10.7 Å². The minimum absolute atomic E-state index is 0.0186. The highest BCUT2D eigenvalue weighted by Gasteiger charge is 2.25. The number of carbonyl (C=O) groups excluding carboxylic acids is 2. The molecule has 0 saturated carbocycles. The Bertz CT molecular complexity index is 999. The van der Waals surface area contributed by atoms with Crippen molar-refractivity contribution < 1.29 is 32.5 Å². The van der Waals surface area contributed by atoms with Gasteiger partial charge in [-0.1, -0.05) is 25.6 Å². The number of benzene rings is 1. The monoisotopic (exact) mass is 450 g/mol. The number of quaternary nitrogens is 1. The summed E-state index contributed by atoms with van der Waals surface area (Å²) < 4.78 is 26.6. The third-order valence-electron chi connectivity index (χ3n) is 3.84. The van der Waals surface area contributed by atoms with E-state index < -0.39 is 27.5 Å². The molecule has 0 aliphatic heterocycles. The lowest BCUT2D eigenvalue weighted by Gasteiger charge is -2.19. The van der Waals surface area contributed by atoms with Crippen molar-refractivity contribution in [2.45, 2.75) is 31.8 Å². The van der Waals surface area contributed by atoms with Gasteiger partial charge >= 0.3 is 12.0 Å². The Labute approximate surface area is 181 Å². The van der Waals surface area contributed by atoms with Gasteiger partial charge in [0.2, 0.25) is 28.7 Å². The highest BCUT2D eigenvalue weighted by molar-refractivity contribution is 7.79. The number of hydrogen-bond acceptors (Lipinski definition) is 9. The lowest BCUT2D eigenvalue weighted by Crippen LogP contribution is -3.10. The number of hydroxylamine groups is 1. The maximum absolute atomic E-state index is 12.9. The highest BCUT2D eigenvalue weighted by atomic mass is 32.2. The molecule has 31 heavy (non-hydrogen) atoms. The summed E-state index contributed by atoms with van der Waals surface area (Å²) in [5, 5.41) is 14.7. The Hall–Kier alpha value is -3.35. The first kappa shape index (κ1) is 23.9. The zero-order valence-corrected chi connectivity index (χ0v) is 18.0. The first-order chi connectivity index (χ1) is 14.8. The van der Waals surface area contributed by atoms with Crippen molar-refractivity contribution in [3.63, 3.8) is 0 Å². The number of hydrogen-bond donors (Lipinski definition) is 2. The van der Waals surface area contributed by atoms with Crippen LogP contribution >= 0.6 is 0 Å².